The Morgan fingerprint density at radius 2 is 1.88 bits per heavy atom. The molecule has 3 N–H and O–H groups in total. The lowest BCUT2D eigenvalue weighted by atomic mass is 9.95. The molecule has 1 fully saturated rings. The first-order valence-corrected chi connectivity index (χ1v) is 10.4. The van der Waals surface area contributed by atoms with Crippen molar-refractivity contribution in [2.75, 3.05) is 30.0 Å². The minimum absolute atomic E-state index is 0. The Hall–Kier alpha value is -1.64. The van der Waals surface area contributed by atoms with Crippen LogP contribution in [0, 0.1) is 0 Å². The topological polar surface area (TPSA) is 104 Å². The van der Waals surface area contributed by atoms with Crippen molar-refractivity contribution in [3.8, 4) is 0 Å². The summed E-state index contributed by atoms with van der Waals surface area (Å²) < 4.78 is 23.2. The van der Waals surface area contributed by atoms with Crippen LogP contribution in [0.25, 0.3) is 0 Å². The van der Waals surface area contributed by atoms with E-state index < -0.39 is 20.5 Å². The van der Waals surface area contributed by atoms with Gasteiger partial charge in [-0.15, -0.1) is 12.4 Å². The number of benzene rings is 1. The summed E-state index contributed by atoms with van der Waals surface area (Å²) in [6, 6.07) is 5.26. The molecule has 3 rings (SSSR count). The van der Waals surface area contributed by atoms with Crippen molar-refractivity contribution in [3.05, 3.63) is 23.8 Å². The molecule has 26 heavy (non-hydrogen) atoms. The average Bonchev–Trinajstić information content (AvgIpc) is 2.74. The van der Waals surface area contributed by atoms with Gasteiger partial charge in [0.2, 0.25) is 11.8 Å². The third kappa shape index (κ3) is 4.02. The highest BCUT2D eigenvalue weighted by atomic mass is 35.5. The molecule has 1 aromatic carbocycles. The van der Waals surface area contributed by atoms with Gasteiger partial charge in [0.25, 0.3) is 0 Å². The van der Waals surface area contributed by atoms with Crippen LogP contribution in [0.3, 0.4) is 0 Å². The summed E-state index contributed by atoms with van der Waals surface area (Å²) in [5.74, 6) is -0.490. The summed E-state index contributed by atoms with van der Waals surface area (Å²) in [4.78, 5) is 24.5. The first-order valence-electron chi connectivity index (χ1n) is 8.46. The first kappa shape index (κ1) is 20.7. The largest absolute Gasteiger partial charge is 0.326 e. The summed E-state index contributed by atoms with van der Waals surface area (Å²) in [6.45, 7) is 0.993. The lowest BCUT2D eigenvalue weighted by molar-refractivity contribution is -0.119. The number of hydrogen-bond acceptors (Lipinski definition) is 5. The number of rotatable bonds is 3. The molecule has 1 saturated heterocycles. The summed E-state index contributed by atoms with van der Waals surface area (Å²) in [7, 11) is -3.55. The number of aryl methyl sites for hydroxylation is 1. The number of fused-ring (bicyclic) bond motifs is 1. The van der Waals surface area contributed by atoms with E-state index in [0.717, 1.165) is 30.3 Å². The zero-order chi connectivity index (χ0) is 18.1. The zero-order valence-corrected chi connectivity index (χ0v) is 16.3. The molecule has 0 radical (unpaired) electrons. The smallest absolute Gasteiger partial charge is 0.245 e. The van der Waals surface area contributed by atoms with Crippen molar-refractivity contribution >= 4 is 45.4 Å². The minimum atomic E-state index is -3.55. The van der Waals surface area contributed by atoms with Crippen molar-refractivity contribution in [1.82, 2.24) is 5.32 Å². The molecular formula is C17H24ClN3O4S. The molecule has 0 aromatic heterocycles. The second-order valence-electron chi connectivity index (χ2n) is 6.74. The lowest BCUT2D eigenvalue weighted by Gasteiger charge is -2.34. The number of sulfone groups is 1. The Balaban J connectivity index is 0.00000243. The van der Waals surface area contributed by atoms with Crippen molar-refractivity contribution < 1.29 is 18.0 Å². The zero-order valence-electron chi connectivity index (χ0n) is 14.6. The maximum absolute atomic E-state index is 12.8. The molecule has 0 spiro atoms. The van der Waals surface area contributed by atoms with Gasteiger partial charge < -0.3 is 16.0 Å². The van der Waals surface area contributed by atoms with E-state index in [9.17, 15) is 18.0 Å². The van der Waals surface area contributed by atoms with Gasteiger partial charge in [0.15, 0.2) is 14.6 Å². The fraction of sp³-hybridized carbons (Fsp3) is 0.529. The van der Waals surface area contributed by atoms with E-state index in [1.54, 1.807) is 12.1 Å². The number of hydrogen-bond donors (Lipinski definition) is 3. The van der Waals surface area contributed by atoms with E-state index in [-0.39, 0.29) is 31.2 Å². The minimum Gasteiger partial charge on any atom is -0.326 e. The van der Waals surface area contributed by atoms with E-state index >= 15 is 0 Å². The molecule has 7 nitrogen and oxygen atoms in total. The maximum Gasteiger partial charge on any atom is 0.245 e. The highest BCUT2D eigenvalue weighted by Gasteiger charge is 2.48. The molecule has 2 amide bonds. The van der Waals surface area contributed by atoms with Crippen LogP contribution in [-0.2, 0) is 25.8 Å². The Morgan fingerprint density at radius 1 is 1.19 bits per heavy atom. The molecule has 2 aliphatic rings. The number of carbonyl (C=O) groups excluding carboxylic acids is 2. The van der Waals surface area contributed by atoms with Crippen molar-refractivity contribution in [3.63, 3.8) is 0 Å². The van der Waals surface area contributed by atoms with Crippen LogP contribution >= 0.6 is 12.4 Å². The molecular weight excluding hydrogens is 378 g/mol. The monoisotopic (exact) mass is 401 g/mol. The Labute approximate surface area is 159 Å². The van der Waals surface area contributed by atoms with Crippen molar-refractivity contribution in [2.24, 2.45) is 0 Å². The van der Waals surface area contributed by atoms with Gasteiger partial charge in [-0.05, 0) is 62.5 Å². The molecule has 0 aliphatic carbocycles. The van der Waals surface area contributed by atoms with Gasteiger partial charge in [0.1, 0.15) is 0 Å². The van der Waals surface area contributed by atoms with Gasteiger partial charge >= 0.3 is 0 Å². The second kappa shape index (κ2) is 7.94. The standard InChI is InChI=1S/C17H23N3O4S.ClH/c1-25(23,24)17(7-9-18-10-8-17)16(22)19-13-5-6-14-12(11-13)3-2-4-15(21)20-14;/h5-6,11,18H,2-4,7-10H2,1H3,(H,19,22)(H,20,21);1H. The highest BCUT2D eigenvalue weighted by molar-refractivity contribution is 7.92. The molecule has 2 aliphatic heterocycles. The number of halogens is 1. The number of carbonyl (C=O) groups is 2. The third-order valence-corrected chi connectivity index (χ3v) is 7.04. The summed E-state index contributed by atoms with van der Waals surface area (Å²) in [6.07, 6.45) is 3.61. The van der Waals surface area contributed by atoms with Gasteiger partial charge in [0.05, 0.1) is 0 Å². The van der Waals surface area contributed by atoms with Crippen LogP contribution in [0.5, 0.6) is 0 Å². The number of piperidine rings is 1. The van der Waals surface area contributed by atoms with Crippen molar-refractivity contribution in [2.45, 2.75) is 36.9 Å². The Kier molecular flexibility index (Phi) is 6.31. The van der Waals surface area contributed by atoms with Crippen LogP contribution in [0.4, 0.5) is 11.4 Å². The van der Waals surface area contributed by atoms with Gasteiger partial charge in [0, 0.05) is 24.1 Å². The van der Waals surface area contributed by atoms with Crippen LogP contribution in [0.15, 0.2) is 18.2 Å². The molecule has 0 atom stereocenters. The Bertz CT molecular complexity index is 804. The molecule has 9 heteroatoms. The van der Waals surface area contributed by atoms with E-state index in [0.29, 0.717) is 25.2 Å². The molecule has 0 saturated carbocycles. The predicted molar refractivity (Wildman–Crippen MR) is 104 cm³/mol. The van der Waals surface area contributed by atoms with Gasteiger partial charge in [-0.1, -0.05) is 0 Å². The van der Waals surface area contributed by atoms with Crippen LogP contribution in [0.2, 0.25) is 0 Å². The number of nitrogens with one attached hydrogen (secondary N) is 3. The van der Waals surface area contributed by atoms with Gasteiger partial charge in [-0.25, -0.2) is 8.42 Å². The third-order valence-electron chi connectivity index (χ3n) is 5.02. The van der Waals surface area contributed by atoms with Gasteiger partial charge in [-0.3, -0.25) is 9.59 Å². The molecule has 0 unspecified atom stereocenters. The van der Waals surface area contributed by atoms with Crippen LogP contribution in [-0.4, -0.2) is 44.3 Å². The fourth-order valence-electron chi connectivity index (χ4n) is 3.49. The lowest BCUT2D eigenvalue weighted by Crippen LogP contribution is -2.55. The van der Waals surface area contributed by atoms with E-state index in [2.05, 4.69) is 16.0 Å². The molecule has 1 aromatic rings. The quantitative estimate of drug-likeness (QED) is 0.711. The van der Waals surface area contributed by atoms with Gasteiger partial charge in [-0.2, -0.15) is 0 Å². The molecule has 2 heterocycles. The van der Waals surface area contributed by atoms with E-state index in [1.165, 1.54) is 0 Å². The second-order valence-corrected chi connectivity index (χ2v) is 9.07. The summed E-state index contributed by atoms with van der Waals surface area (Å²) >= 11 is 0. The van der Waals surface area contributed by atoms with E-state index in [1.807, 2.05) is 6.07 Å². The Morgan fingerprint density at radius 3 is 2.54 bits per heavy atom. The first-order chi connectivity index (χ1) is 11.8. The van der Waals surface area contributed by atoms with Crippen LogP contribution in [0.1, 0.15) is 31.2 Å². The number of anilines is 2. The number of amides is 2. The average molecular weight is 402 g/mol. The fourth-order valence-corrected chi connectivity index (χ4v) is 4.83. The van der Waals surface area contributed by atoms with Crippen LogP contribution < -0.4 is 16.0 Å². The normalized spacial score (nSPS) is 19.3. The molecule has 0 bridgehead atoms. The highest BCUT2D eigenvalue weighted by Crippen LogP contribution is 2.31. The summed E-state index contributed by atoms with van der Waals surface area (Å²) in [5, 5.41) is 8.72. The van der Waals surface area contributed by atoms with Crippen molar-refractivity contribution in [1.29, 1.82) is 0 Å². The molecule has 144 valence electrons. The predicted octanol–water partition coefficient (Wildman–Crippen LogP) is 1.49. The summed E-state index contributed by atoms with van der Waals surface area (Å²) in [5.41, 5.74) is 2.25. The SMILES string of the molecule is CS(=O)(=O)C1(C(=O)Nc2ccc3c(c2)CCCC(=O)N3)CCNCC1.Cl. The van der Waals surface area contributed by atoms with E-state index in [4.69, 9.17) is 0 Å². The maximum atomic E-state index is 12.8.